The molecule has 0 bridgehead atoms. The standard InChI is InChI=1S/C23H26N4O2/c1-15-4-7-18(8-5-15)20-13-21-23(29)26(10-11-27(21)25-20)14-22(28)24-19-9-6-16(2)12-17(19)3/h4-12,20-21,25H,13-14H2,1-3H3,(H,24,28). The number of hydrogen-bond acceptors (Lipinski definition) is 4. The lowest BCUT2D eigenvalue weighted by atomic mass is 10.00. The van der Waals surface area contributed by atoms with E-state index in [0.29, 0.717) is 6.42 Å². The number of nitrogens with one attached hydrogen (secondary N) is 2. The molecule has 2 aromatic carbocycles. The van der Waals surface area contributed by atoms with Gasteiger partial charge in [0.25, 0.3) is 5.91 Å². The molecule has 0 saturated carbocycles. The second-order valence-corrected chi connectivity index (χ2v) is 7.88. The van der Waals surface area contributed by atoms with E-state index in [1.807, 2.05) is 43.3 Å². The van der Waals surface area contributed by atoms with E-state index in [1.165, 1.54) is 10.5 Å². The zero-order valence-corrected chi connectivity index (χ0v) is 17.0. The summed E-state index contributed by atoms with van der Waals surface area (Å²) in [6.07, 6.45) is 4.18. The van der Waals surface area contributed by atoms with Crippen molar-refractivity contribution in [1.82, 2.24) is 15.3 Å². The van der Waals surface area contributed by atoms with Crippen molar-refractivity contribution in [1.29, 1.82) is 0 Å². The zero-order chi connectivity index (χ0) is 20.5. The first-order valence-corrected chi connectivity index (χ1v) is 9.88. The molecule has 2 aromatic rings. The Kier molecular flexibility index (Phi) is 5.11. The summed E-state index contributed by atoms with van der Waals surface area (Å²) in [4.78, 5) is 27.0. The predicted molar refractivity (Wildman–Crippen MR) is 113 cm³/mol. The topological polar surface area (TPSA) is 64.7 Å². The lowest BCUT2D eigenvalue weighted by Gasteiger charge is -2.31. The monoisotopic (exact) mass is 390 g/mol. The summed E-state index contributed by atoms with van der Waals surface area (Å²) in [5.41, 5.74) is 8.68. The molecule has 150 valence electrons. The molecule has 2 N–H and O–H groups in total. The normalized spacial score (nSPS) is 20.7. The fraction of sp³-hybridized carbons (Fsp3) is 0.304. The minimum atomic E-state index is -0.305. The summed E-state index contributed by atoms with van der Waals surface area (Å²) in [6.45, 7) is 6.04. The number of carbonyl (C=O) groups excluding carboxylic acids is 2. The third-order valence-corrected chi connectivity index (χ3v) is 5.52. The van der Waals surface area contributed by atoms with Gasteiger partial charge in [0.2, 0.25) is 5.91 Å². The molecule has 2 amide bonds. The number of rotatable bonds is 4. The van der Waals surface area contributed by atoms with Crippen LogP contribution in [0.4, 0.5) is 5.69 Å². The molecule has 1 fully saturated rings. The summed E-state index contributed by atoms with van der Waals surface area (Å²) in [5, 5.41) is 4.76. The minimum absolute atomic E-state index is 0.00217. The maximum Gasteiger partial charge on any atom is 0.251 e. The van der Waals surface area contributed by atoms with Gasteiger partial charge in [-0.05, 0) is 44.4 Å². The largest absolute Gasteiger partial charge is 0.324 e. The van der Waals surface area contributed by atoms with Crippen LogP contribution in [-0.2, 0) is 9.59 Å². The lowest BCUT2D eigenvalue weighted by Crippen LogP contribution is -2.49. The summed E-state index contributed by atoms with van der Waals surface area (Å²) < 4.78 is 0. The van der Waals surface area contributed by atoms with E-state index in [-0.39, 0.29) is 30.4 Å². The lowest BCUT2D eigenvalue weighted by molar-refractivity contribution is -0.137. The summed E-state index contributed by atoms with van der Waals surface area (Å²) >= 11 is 0. The minimum Gasteiger partial charge on any atom is -0.324 e. The van der Waals surface area contributed by atoms with Gasteiger partial charge in [0.1, 0.15) is 12.6 Å². The highest BCUT2D eigenvalue weighted by Gasteiger charge is 2.40. The summed E-state index contributed by atoms with van der Waals surface area (Å²) in [5.74, 6) is -0.269. The van der Waals surface area contributed by atoms with E-state index >= 15 is 0 Å². The molecule has 0 spiro atoms. The van der Waals surface area contributed by atoms with Crippen molar-refractivity contribution in [2.24, 2.45) is 0 Å². The molecule has 2 unspecified atom stereocenters. The molecule has 2 aliphatic rings. The van der Waals surface area contributed by atoms with Gasteiger partial charge in [0, 0.05) is 18.1 Å². The number of anilines is 1. The Morgan fingerprint density at radius 3 is 2.52 bits per heavy atom. The van der Waals surface area contributed by atoms with Crippen LogP contribution in [0.5, 0.6) is 0 Å². The van der Waals surface area contributed by atoms with Crippen LogP contribution in [0.3, 0.4) is 0 Å². The highest BCUT2D eigenvalue weighted by atomic mass is 16.2. The number of benzene rings is 2. The Morgan fingerprint density at radius 1 is 1.07 bits per heavy atom. The molecule has 4 rings (SSSR count). The first kappa shape index (κ1) is 19.2. The number of fused-ring (bicyclic) bond motifs is 1. The average molecular weight is 390 g/mol. The van der Waals surface area contributed by atoms with Gasteiger partial charge >= 0.3 is 0 Å². The first-order valence-electron chi connectivity index (χ1n) is 9.88. The average Bonchev–Trinajstić information content (AvgIpc) is 3.12. The van der Waals surface area contributed by atoms with Crippen LogP contribution < -0.4 is 10.7 Å². The van der Waals surface area contributed by atoms with E-state index in [2.05, 4.69) is 41.9 Å². The van der Waals surface area contributed by atoms with Gasteiger partial charge in [-0.25, -0.2) is 5.43 Å². The highest BCUT2D eigenvalue weighted by Crippen LogP contribution is 2.30. The van der Waals surface area contributed by atoms with Crippen molar-refractivity contribution in [3.63, 3.8) is 0 Å². The van der Waals surface area contributed by atoms with E-state index in [1.54, 1.807) is 6.20 Å². The van der Waals surface area contributed by atoms with Crippen molar-refractivity contribution in [3.05, 3.63) is 77.1 Å². The SMILES string of the molecule is Cc1ccc(C2CC3C(=O)N(CC(=O)Nc4ccc(C)cc4C)C=CN3N2)cc1. The Balaban J connectivity index is 1.40. The second kappa shape index (κ2) is 7.72. The molecule has 2 aliphatic heterocycles. The third-order valence-electron chi connectivity index (χ3n) is 5.52. The molecule has 0 aromatic heterocycles. The van der Waals surface area contributed by atoms with E-state index in [9.17, 15) is 9.59 Å². The van der Waals surface area contributed by atoms with Gasteiger partial charge in [0.05, 0.1) is 6.04 Å². The molecule has 0 radical (unpaired) electrons. The number of nitrogens with zero attached hydrogens (tertiary/aromatic N) is 2. The zero-order valence-electron chi connectivity index (χ0n) is 17.0. The van der Waals surface area contributed by atoms with Crippen molar-refractivity contribution in [2.75, 3.05) is 11.9 Å². The van der Waals surface area contributed by atoms with Crippen LogP contribution in [0.1, 0.15) is 34.7 Å². The van der Waals surface area contributed by atoms with Gasteiger partial charge in [-0.3, -0.25) is 9.59 Å². The molecular weight excluding hydrogens is 364 g/mol. The van der Waals surface area contributed by atoms with Crippen LogP contribution in [0, 0.1) is 20.8 Å². The number of amides is 2. The van der Waals surface area contributed by atoms with E-state index < -0.39 is 0 Å². The molecule has 6 heteroatoms. The molecule has 2 heterocycles. The van der Waals surface area contributed by atoms with Crippen molar-refractivity contribution in [3.8, 4) is 0 Å². The maximum atomic E-state index is 13.0. The summed E-state index contributed by atoms with van der Waals surface area (Å²) in [6, 6.07) is 14.0. The molecule has 6 nitrogen and oxygen atoms in total. The van der Waals surface area contributed by atoms with Gasteiger partial charge in [-0.2, -0.15) is 0 Å². The Morgan fingerprint density at radius 2 is 1.79 bits per heavy atom. The van der Waals surface area contributed by atoms with Crippen molar-refractivity contribution < 1.29 is 9.59 Å². The van der Waals surface area contributed by atoms with Crippen LogP contribution >= 0.6 is 0 Å². The summed E-state index contributed by atoms with van der Waals surface area (Å²) in [7, 11) is 0. The quantitative estimate of drug-likeness (QED) is 0.842. The van der Waals surface area contributed by atoms with Crippen LogP contribution in [-0.4, -0.2) is 34.3 Å². The van der Waals surface area contributed by atoms with Gasteiger partial charge in [0.15, 0.2) is 0 Å². The Labute approximate surface area is 171 Å². The Hall–Kier alpha value is -3.12. The fourth-order valence-electron chi connectivity index (χ4n) is 3.88. The van der Waals surface area contributed by atoms with Crippen LogP contribution in [0.2, 0.25) is 0 Å². The maximum absolute atomic E-state index is 13.0. The van der Waals surface area contributed by atoms with Crippen LogP contribution in [0.25, 0.3) is 0 Å². The first-order chi connectivity index (χ1) is 13.9. The molecule has 2 atom stereocenters. The third kappa shape index (κ3) is 4.03. The molecular formula is C23H26N4O2. The molecule has 1 saturated heterocycles. The highest BCUT2D eigenvalue weighted by molar-refractivity contribution is 5.96. The number of aryl methyl sites for hydroxylation is 3. The number of carbonyl (C=O) groups is 2. The second-order valence-electron chi connectivity index (χ2n) is 7.88. The van der Waals surface area contributed by atoms with Crippen molar-refractivity contribution >= 4 is 17.5 Å². The van der Waals surface area contributed by atoms with Crippen LogP contribution in [0.15, 0.2) is 54.9 Å². The predicted octanol–water partition coefficient (Wildman–Crippen LogP) is 3.18. The fourth-order valence-corrected chi connectivity index (χ4v) is 3.88. The Bertz CT molecular complexity index is 967. The molecule has 29 heavy (non-hydrogen) atoms. The number of hydrazine groups is 1. The smallest absolute Gasteiger partial charge is 0.251 e. The van der Waals surface area contributed by atoms with Crippen molar-refractivity contribution in [2.45, 2.75) is 39.3 Å². The van der Waals surface area contributed by atoms with Gasteiger partial charge in [-0.1, -0.05) is 47.5 Å². The van der Waals surface area contributed by atoms with E-state index in [0.717, 1.165) is 22.4 Å². The van der Waals surface area contributed by atoms with E-state index in [4.69, 9.17) is 0 Å². The van der Waals surface area contributed by atoms with Gasteiger partial charge in [-0.15, -0.1) is 0 Å². The number of hydrogen-bond donors (Lipinski definition) is 2. The molecule has 0 aliphatic carbocycles. The van der Waals surface area contributed by atoms with Gasteiger partial charge < -0.3 is 15.2 Å².